The van der Waals surface area contributed by atoms with Crippen molar-refractivity contribution in [2.75, 3.05) is 24.7 Å². The van der Waals surface area contributed by atoms with Crippen LogP contribution < -0.4 is 10.9 Å². The lowest BCUT2D eigenvalue weighted by Crippen LogP contribution is -2.33. The van der Waals surface area contributed by atoms with Crippen LogP contribution in [0.15, 0.2) is 45.2 Å². The number of rotatable bonds is 8. The summed E-state index contributed by atoms with van der Waals surface area (Å²) >= 11 is 2.93. The summed E-state index contributed by atoms with van der Waals surface area (Å²) in [5.41, 5.74) is 2.08. The first-order valence-corrected chi connectivity index (χ1v) is 12.0. The molecule has 1 N–H and O–H groups in total. The van der Waals surface area contributed by atoms with Crippen molar-refractivity contribution in [2.45, 2.75) is 48.4 Å². The minimum atomic E-state index is -0.0516. The van der Waals surface area contributed by atoms with Crippen molar-refractivity contribution in [1.82, 2.24) is 14.9 Å². The summed E-state index contributed by atoms with van der Waals surface area (Å²) in [4.78, 5) is 30.8. The fourth-order valence-electron chi connectivity index (χ4n) is 3.53. The van der Waals surface area contributed by atoms with Crippen molar-refractivity contribution in [3.63, 3.8) is 0 Å². The number of thioether (sulfide) groups is 2. The summed E-state index contributed by atoms with van der Waals surface area (Å²) in [5, 5.41) is 3.57. The van der Waals surface area contributed by atoms with E-state index in [-0.39, 0.29) is 23.3 Å². The lowest BCUT2D eigenvalue weighted by atomic mass is 10.1. The standard InChI is InChI=1S/C21H25N3O3S2/c25-18(22-13-16-7-4-11-27-16)14-29-21-23-17-9-12-28-19(17)20(26)24(21)10-8-15-5-2-1-3-6-15/h1-3,5-6,16H,4,7-14H2,(H,22,25). The topological polar surface area (TPSA) is 73.2 Å². The number of carbonyl (C=O) groups is 1. The molecule has 8 heteroatoms. The highest BCUT2D eigenvalue weighted by Gasteiger charge is 2.22. The molecular formula is C21H25N3O3S2. The second kappa shape index (κ2) is 9.82. The second-order valence-corrected chi connectivity index (χ2v) is 9.24. The minimum absolute atomic E-state index is 0.0238. The Balaban J connectivity index is 1.43. The molecule has 3 heterocycles. The van der Waals surface area contributed by atoms with E-state index >= 15 is 0 Å². The van der Waals surface area contributed by atoms with Crippen LogP contribution in [0.25, 0.3) is 0 Å². The molecule has 1 unspecified atom stereocenters. The Morgan fingerprint density at radius 3 is 3.00 bits per heavy atom. The first-order valence-electron chi connectivity index (χ1n) is 10.0. The van der Waals surface area contributed by atoms with Gasteiger partial charge in [0.2, 0.25) is 5.91 Å². The van der Waals surface area contributed by atoms with Gasteiger partial charge in [-0.3, -0.25) is 14.2 Å². The molecule has 1 aromatic heterocycles. The van der Waals surface area contributed by atoms with Gasteiger partial charge in [0, 0.05) is 31.9 Å². The lowest BCUT2D eigenvalue weighted by molar-refractivity contribution is -0.119. The predicted molar refractivity (Wildman–Crippen MR) is 116 cm³/mol. The van der Waals surface area contributed by atoms with E-state index in [1.54, 1.807) is 16.3 Å². The maximum absolute atomic E-state index is 13.0. The fourth-order valence-corrected chi connectivity index (χ4v) is 5.45. The zero-order valence-electron chi connectivity index (χ0n) is 16.3. The van der Waals surface area contributed by atoms with E-state index < -0.39 is 0 Å². The normalized spacial score (nSPS) is 18.0. The maximum Gasteiger partial charge on any atom is 0.268 e. The summed E-state index contributed by atoms with van der Waals surface area (Å²) < 4.78 is 7.28. The van der Waals surface area contributed by atoms with E-state index in [0.29, 0.717) is 18.2 Å². The second-order valence-electron chi connectivity index (χ2n) is 7.19. The molecule has 4 rings (SSSR count). The highest BCUT2D eigenvalue weighted by atomic mass is 32.2. The van der Waals surface area contributed by atoms with Gasteiger partial charge in [0.1, 0.15) is 0 Å². The predicted octanol–water partition coefficient (Wildman–Crippen LogP) is 2.52. The van der Waals surface area contributed by atoms with E-state index in [4.69, 9.17) is 9.72 Å². The van der Waals surface area contributed by atoms with Crippen LogP contribution in [0.4, 0.5) is 0 Å². The molecule has 0 radical (unpaired) electrons. The van der Waals surface area contributed by atoms with Gasteiger partial charge in [-0.15, -0.1) is 11.8 Å². The van der Waals surface area contributed by atoms with E-state index in [2.05, 4.69) is 17.4 Å². The number of ether oxygens (including phenoxy) is 1. The number of hydrogen-bond donors (Lipinski definition) is 1. The largest absolute Gasteiger partial charge is 0.376 e. The number of aryl methyl sites for hydroxylation is 2. The quantitative estimate of drug-likeness (QED) is 0.512. The molecule has 1 atom stereocenters. The molecule has 0 saturated carbocycles. The highest BCUT2D eigenvalue weighted by molar-refractivity contribution is 8.00. The first-order chi connectivity index (χ1) is 14.2. The Labute approximate surface area is 178 Å². The Kier molecular flexibility index (Phi) is 6.94. The van der Waals surface area contributed by atoms with Crippen molar-refractivity contribution >= 4 is 29.4 Å². The first kappa shape index (κ1) is 20.5. The number of benzene rings is 1. The van der Waals surface area contributed by atoms with Gasteiger partial charge in [0.25, 0.3) is 5.56 Å². The summed E-state index contributed by atoms with van der Waals surface area (Å²) in [7, 11) is 0. The van der Waals surface area contributed by atoms with Gasteiger partial charge in [-0.05, 0) is 24.8 Å². The van der Waals surface area contributed by atoms with Crippen LogP contribution in [0.3, 0.4) is 0 Å². The molecule has 1 amide bonds. The molecule has 6 nitrogen and oxygen atoms in total. The zero-order chi connectivity index (χ0) is 20.1. The zero-order valence-corrected chi connectivity index (χ0v) is 17.9. The molecule has 2 aromatic rings. The Morgan fingerprint density at radius 2 is 2.21 bits per heavy atom. The van der Waals surface area contributed by atoms with E-state index in [0.717, 1.165) is 48.6 Å². The van der Waals surface area contributed by atoms with Crippen LogP contribution in [0.5, 0.6) is 0 Å². The van der Waals surface area contributed by atoms with Crippen LogP contribution in [0.1, 0.15) is 24.1 Å². The van der Waals surface area contributed by atoms with E-state index in [1.165, 1.54) is 17.3 Å². The van der Waals surface area contributed by atoms with Crippen molar-refractivity contribution in [3.8, 4) is 0 Å². The van der Waals surface area contributed by atoms with Crippen molar-refractivity contribution < 1.29 is 9.53 Å². The summed E-state index contributed by atoms with van der Waals surface area (Å²) in [6, 6.07) is 10.1. The molecule has 2 aliphatic heterocycles. The maximum atomic E-state index is 13.0. The van der Waals surface area contributed by atoms with E-state index in [9.17, 15) is 9.59 Å². The monoisotopic (exact) mass is 431 g/mol. The number of nitrogens with zero attached hydrogens (tertiary/aromatic N) is 2. The van der Waals surface area contributed by atoms with Crippen LogP contribution in [-0.4, -0.2) is 46.2 Å². The number of hydrogen-bond acceptors (Lipinski definition) is 6. The van der Waals surface area contributed by atoms with Gasteiger partial charge in [-0.2, -0.15) is 0 Å². The third kappa shape index (κ3) is 5.24. The highest BCUT2D eigenvalue weighted by Crippen LogP contribution is 2.28. The molecule has 1 saturated heterocycles. The number of amides is 1. The number of fused-ring (bicyclic) bond motifs is 1. The van der Waals surface area contributed by atoms with Crippen LogP contribution in [0.2, 0.25) is 0 Å². The van der Waals surface area contributed by atoms with Gasteiger partial charge in [0.15, 0.2) is 5.16 Å². The molecule has 0 spiro atoms. The van der Waals surface area contributed by atoms with Crippen LogP contribution >= 0.6 is 23.5 Å². The van der Waals surface area contributed by atoms with Gasteiger partial charge in [-0.1, -0.05) is 42.1 Å². The molecule has 2 aliphatic rings. The number of nitrogens with one attached hydrogen (secondary N) is 1. The molecule has 154 valence electrons. The Morgan fingerprint density at radius 1 is 1.34 bits per heavy atom. The Hall–Kier alpha value is -1.77. The van der Waals surface area contributed by atoms with Gasteiger partial charge in [0.05, 0.1) is 22.4 Å². The fraction of sp³-hybridized carbons (Fsp3) is 0.476. The van der Waals surface area contributed by atoms with Crippen molar-refractivity contribution in [3.05, 3.63) is 51.9 Å². The summed E-state index contributed by atoms with van der Waals surface area (Å²) in [5.74, 6) is 1.09. The molecular weight excluding hydrogens is 406 g/mol. The molecule has 0 aliphatic carbocycles. The van der Waals surface area contributed by atoms with Crippen molar-refractivity contribution in [1.29, 1.82) is 0 Å². The Bertz CT molecular complexity index is 911. The summed E-state index contributed by atoms with van der Waals surface area (Å²) in [6.45, 7) is 1.89. The van der Waals surface area contributed by atoms with Gasteiger partial charge < -0.3 is 10.1 Å². The van der Waals surface area contributed by atoms with Crippen LogP contribution in [0, 0.1) is 0 Å². The van der Waals surface area contributed by atoms with Gasteiger partial charge in [-0.25, -0.2) is 4.98 Å². The third-order valence-corrected chi connectivity index (χ3v) is 7.18. The SMILES string of the molecule is O=C(CSc1nc2c(c(=O)n1CCc1ccccc1)SCC2)NCC1CCCO1. The third-order valence-electron chi connectivity index (χ3n) is 5.10. The molecule has 0 bridgehead atoms. The average Bonchev–Trinajstić information content (AvgIpc) is 3.43. The molecule has 1 aromatic carbocycles. The van der Waals surface area contributed by atoms with E-state index in [1.807, 2.05) is 18.2 Å². The van der Waals surface area contributed by atoms with Crippen molar-refractivity contribution in [2.24, 2.45) is 0 Å². The molecule has 1 fully saturated rings. The number of carbonyl (C=O) groups excluding carboxylic acids is 1. The lowest BCUT2D eigenvalue weighted by Gasteiger charge is -2.14. The smallest absolute Gasteiger partial charge is 0.268 e. The minimum Gasteiger partial charge on any atom is -0.376 e. The van der Waals surface area contributed by atoms with Crippen LogP contribution in [-0.2, 0) is 28.9 Å². The average molecular weight is 432 g/mol. The molecule has 29 heavy (non-hydrogen) atoms. The number of aromatic nitrogens is 2. The van der Waals surface area contributed by atoms with Gasteiger partial charge >= 0.3 is 0 Å². The summed E-state index contributed by atoms with van der Waals surface area (Å²) in [6.07, 6.45) is 3.75.